The summed E-state index contributed by atoms with van der Waals surface area (Å²) < 4.78 is 5.47. The van der Waals surface area contributed by atoms with Crippen molar-refractivity contribution in [1.82, 2.24) is 9.88 Å². The highest BCUT2D eigenvalue weighted by atomic mass is 16.6. The number of rotatable bonds is 4. The molecule has 1 aromatic heterocycles. The van der Waals surface area contributed by atoms with Crippen molar-refractivity contribution in [3.63, 3.8) is 0 Å². The standard InChI is InChI=1S/C25H23N3O3/c1-3-31-23-11-9-17(14-22(23)28(29)30)25-20-15-27(2)13-12-19(20)24-18-7-5-4-6-16(18)8-10-21(24)26-25/h4-11,14H,3,12-13,15H2,1-2H3. The summed E-state index contributed by atoms with van der Waals surface area (Å²) >= 11 is 0. The van der Waals surface area contributed by atoms with Crippen molar-refractivity contribution in [2.24, 2.45) is 0 Å². The van der Waals surface area contributed by atoms with Crippen LogP contribution in [0.25, 0.3) is 32.9 Å². The first-order chi connectivity index (χ1) is 15.1. The average Bonchev–Trinajstić information content (AvgIpc) is 2.78. The van der Waals surface area contributed by atoms with Gasteiger partial charge >= 0.3 is 5.69 Å². The zero-order valence-electron chi connectivity index (χ0n) is 17.6. The highest BCUT2D eigenvalue weighted by Gasteiger charge is 2.25. The van der Waals surface area contributed by atoms with Crippen molar-refractivity contribution < 1.29 is 9.66 Å². The number of ether oxygens (including phenoxy) is 1. The number of nitro benzene ring substituents is 1. The molecule has 5 rings (SSSR count). The molecular weight excluding hydrogens is 390 g/mol. The summed E-state index contributed by atoms with van der Waals surface area (Å²) in [4.78, 5) is 18.6. The van der Waals surface area contributed by atoms with E-state index in [1.165, 1.54) is 21.7 Å². The Hall–Kier alpha value is -3.51. The molecule has 6 heteroatoms. The van der Waals surface area contributed by atoms with Gasteiger partial charge in [0.25, 0.3) is 0 Å². The lowest BCUT2D eigenvalue weighted by atomic mass is 9.89. The molecule has 0 unspecified atom stereocenters. The first-order valence-electron chi connectivity index (χ1n) is 10.5. The van der Waals surface area contributed by atoms with E-state index in [2.05, 4.69) is 48.3 Å². The summed E-state index contributed by atoms with van der Waals surface area (Å²) in [6.45, 7) is 3.93. The number of nitrogens with zero attached hydrogens (tertiary/aromatic N) is 3. The van der Waals surface area contributed by atoms with Crippen LogP contribution < -0.4 is 4.74 Å². The van der Waals surface area contributed by atoms with Crippen molar-refractivity contribution in [2.45, 2.75) is 19.9 Å². The summed E-state index contributed by atoms with van der Waals surface area (Å²) in [6, 6.07) is 17.7. The zero-order valence-corrected chi connectivity index (χ0v) is 17.6. The van der Waals surface area contributed by atoms with E-state index in [1.807, 2.05) is 13.0 Å². The van der Waals surface area contributed by atoms with Gasteiger partial charge in [0, 0.05) is 30.1 Å². The van der Waals surface area contributed by atoms with E-state index in [4.69, 9.17) is 9.72 Å². The number of nitro groups is 1. The largest absolute Gasteiger partial charge is 0.487 e. The van der Waals surface area contributed by atoms with Crippen molar-refractivity contribution in [1.29, 1.82) is 0 Å². The second-order valence-corrected chi connectivity index (χ2v) is 7.96. The summed E-state index contributed by atoms with van der Waals surface area (Å²) in [5.74, 6) is 0.286. The highest BCUT2D eigenvalue weighted by molar-refractivity contribution is 6.09. The maximum atomic E-state index is 11.7. The molecule has 0 atom stereocenters. The van der Waals surface area contributed by atoms with Crippen molar-refractivity contribution >= 4 is 27.4 Å². The average molecular weight is 413 g/mol. The monoisotopic (exact) mass is 413 g/mol. The molecule has 3 aromatic carbocycles. The Morgan fingerprint density at radius 2 is 1.97 bits per heavy atom. The van der Waals surface area contributed by atoms with Gasteiger partial charge in [0.05, 0.1) is 22.7 Å². The molecule has 0 radical (unpaired) electrons. The molecular formula is C25H23N3O3. The van der Waals surface area contributed by atoms with E-state index in [0.29, 0.717) is 6.61 Å². The van der Waals surface area contributed by atoms with Gasteiger partial charge in [0.1, 0.15) is 0 Å². The predicted molar refractivity (Wildman–Crippen MR) is 123 cm³/mol. The quantitative estimate of drug-likeness (QED) is 0.256. The van der Waals surface area contributed by atoms with Crippen molar-refractivity contribution in [3.8, 4) is 17.0 Å². The molecule has 156 valence electrons. The molecule has 31 heavy (non-hydrogen) atoms. The Bertz CT molecular complexity index is 1330. The van der Waals surface area contributed by atoms with Gasteiger partial charge in [-0.25, -0.2) is 4.98 Å². The number of pyridine rings is 1. The molecule has 0 aliphatic carbocycles. The first kappa shape index (κ1) is 19.5. The Morgan fingerprint density at radius 3 is 2.77 bits per heavy atom. The van der Waals surface area contributed by atoms with Crippen LogP contribution >= 0.6 is 0 Å². The van der Waals surface area contributed by atoms with Crippen LogP contribution in [0.5, 0.6) is 5.75 Å². The van der Waals surface area contributed by atoms with Crippen LogP contribution in [-0.4, -0.2) is 35.0 Å². The number of benzene rings is 3. The van der Waals surface area contributed by atoms with Crippen LogP contribution in [0.15, 0.2) is 54.6 Å². The third-order valence-electron chi connectivity index (χ3n) is 5.99. The second kappa shape index (κ2) is 7.63. The molecule has 0 spiro atoms. The predicted octanol–water partition coefficient (Wildman–Crippen LogP) is 5.35. The van der Waals surface area contributed by atoms with Crippen molar-refractivity contribution in [2.75, 3.05) is 20.2 Å². The Labute approximate surface area is 180 Å². The summed E-state index contributed by atoms with van der Waals surface area (Å²) in [7, 11) is 2.10. The van der Waals surface area contributed by atoms with E-state index < -0.39 is 0 Å². The fourth-order valence-electron chi connectivity index (χ4n) is 4.57. The fourth-order valence-corrected chi connectivity index (χ4v) is 4.57. The highest BCUT2D eigenvalue weighted by Crippen LogP contribution is 2.39. The summed E-state index contributed by atoms with van der Waals surface area (Å²) in [5.41, 5.74) is 4.90. The van der Waals surface area contributed by atoms with Gasteiger partial charge in [0.2, 0.25) is 0 Å². The number of hydrogen-bond donors (Lipinski definition) is 0. The van der Waals surface area contributed by atoms with E-state index in [0.717, 1.165) is 41.8 Å². The lowest BCUT2D eigenvalue weighted by molar-refractivity contribution is -0.385. The maximum Gasteiger partial charge on any atom is 0.311 e. The summed E-state index contributed by atoms with van der Waals surface area (Å²) in [5, 5.41) is 15.3. The minimum Gasteiger partial charge on any atom is -0.487 e. The van der Waals surface area contributed by atoms with Gasteiger partial charge in [-0.3, -0.25) is 10.1 Å². The lowest BCUT2D eigenvalue weighted by Gasteiger charge is -2.28. The molecule has 0 amide bonds. The van der Waals surface area contributed by atoms with Gasteiger partial charge in [-0.05, 0) is 60.5 Å². The topological polar surface area (TPSA) is 68.5 Å². The van der Waals surface area contributed by atoms with Gasteiger partial charge in [0.15, 0.2) is 5.75 Å². The van der Waals surface area contributed by atoms with Crippen LogP contribution in [0.2, 0.25) is 0 Å². The number of fused-ring (bicyclic) bond motifs is 5. The van der Waals surface area contributed by atoms with Crippen LogP contribution in [0, 0.1) is 10.1 Å². The van der Waals surface area contributed by atoms with Crippen LogP contribution in [0.3, 0.4) is 0 Å². The van der Waals surface area contributed by atoms with Crippen molar-refractivity contribution in [3.05, 3.63) is 75.8 Å². The normalized spacial score (nSPS) is 14.0. The third-order valence-corrected chi connectivity index (χ3v) is 5.99. The molecule has 6 nitrogen and oxygen atoms in total. The van der Waals surface area contributed by atoms with Crippen LogP contribution in [-0.2, 0) is 13.0 Å². The minimum atomic E-state index is -0.387. The molecule has 0 N–H and O–H groups in total. The second-order valence-electron chi connectivity index (χ2n) is 7.96. The van der Waals surface area contributed by atoms with Crippen LogP contribution in [0.1, 0.15) is 18.1 Å². The van der Waals surface area contributed by atoms with Gasteiger partial charge in [-0.2, -0.15) is 0 Å². The number of aromatic nitrogens is 1. The fraction of sp³-hybridized carbons (Fsp3) is 0.240. The zero-order chi connectivity index (χ0) is 21.5. The minimum absolute atomic E-state index is 0.0299. The van der Waals surface area contributed by atoms with E-state index in [-0.39, 0.29) is 16.4 Å². The molecule has 0 fully saturated rings. The Morgan fingerprint density at radius 1 is 1.13 bits per heavy atom. The molecule has 1 aliphatic heterocycles. The Kier molecular flexibility index (Phi) is 4.79. The SMILES string of the molecule is CCOc1ccc(-c2nc3ccc4ccccc4c3c3c2CN(C)CC3)cc1[N+](=O)[O-]. The maximum absolute atomic E-state index is 11.7. The smallest absolute Gasteiger partial charge is 0.311 e. The van der Waals surface area contributed by atoms with Crippen LogP contribution in [0.4, 0.5) is 5.69 Å². The molecule has 2 heterocycles. The third kappa shape index (κ3) is 3.29. The van der Waals surface area contributed by atoms with Gasteiger partial charge < -0.3 is 9.64 Å². The molecule has 4 aromatic rings. The first-order valence-corrected chi connectivity index (χ1v) is 10.5. The van der Waals surface area contributed by atoms with E-state index in [1.54, 1.807) is 12.1 Å². The number of hydrogen-bond acceptors (Lipinski definition) is 5. The number of likely N-dealkylation sites (N-methyl/N-ethyl adjacent to an activating group) is 1. The van der Waals surface area contributed by atoms with E-state index in [9.17, 15) is 10.1 Å². The summed E-state index contributed by atoms with van der Waals surface area (Å²) in [6.07, 6.45) is 0.922. The Balaban J connectivity index is 1.80. The molecule has 0 saturated heterocycles. The molecule has 1 aliphatic rings. The van der Waals surface area contributed by atoms with Gasteiger partial charge in [-0.15, -0.1) is 0 Å². The van der Waals surface area contributed by atoms with E-state index >= 15 is 0 Å². The van der Waals surface area contributed by atoms with Gasteiger partial charge in [-0.1, -0.05) is 30.3 Å². The lowest BCUT2D eigenvalue weighted by Crippen LogP contribution is -2.27. The molecule has 0 saturated carbocycles. The molecule has 0 bridgehead atoms.